The zero-order valence-corrected chi connectivity index (χ0v) is 20.3. The van der Waals surface area contributed by atoms with Crippen molar-refractivity contribution in [1.29, 1.82) is 0 Å². The Labute approximate surface area is 194 Å². The molecule has 3 rings (SSSR count). The highest BCUT2D eigenvalue weighted by Gasteiger charge is 2.41. The fourth-order valence-electron chi connectivity index (χ4n) is 4.66. The highest BCUT2D eigenvalue weighted by Crippen LogP contribution is 2.43. The van der Waals surface area contributed by atoms with Crippen LogP contribution in [0.4, 0.5) is 0 Å². The summed E-state index contributed by atoms with van der Waals surface area (Å²) >= 11 is 0. The lowest BCUT2D eigenvalue weighted by atomic mass is 9.77. The molecule has 0 fully saturated rings. The molecule has 0 aliphatic carbocycles. The van der Waals surface area contributed by atoms with Crippen LogP contribution in [0.1, 0.15) is 70.0 Å². The quantitative estimate of drug-likeness (QED) is 0.238. The molecule has 0 saturated heterocycles. The lowest BCUT2D eigenvalue weighted by Gasteiger charge is -2.31. The van der Waals surface area contributed by atoms with Gasteiger partial charge in [-0.25, -0.2) is 0 Å². The van der Waals surface area contributed by atoms with Crippen LogP contribution < -0.4 is 4.57 Å². The van der Waals surface area contributed by atoms with E-state index in [0.29, 0.717) is 5.92 Å². The molecule has 0 N–H and O–H groups in total. The van der Waals surface area contributed by atoms with Crippen LogP contribution >= 0.6 is 0 Å². The Morgan fingerprint density at radius 1 is 1.12 bits per heavy atom. The molecule has 2 heteroatoms. The van der Waals surface area contributed by atoms with E-state index in [-0.39, 0.29) is 11.5 Å². The van der Waals surface area contributed by atoms with Crippen LogP contribution in [0.15, 0.2) is 92.0 Å². The summed E-state index contributed by atoms with van der Waals surface area (Å²) in [6.45, 7) is 25.2. The van der Waals surface area contributed by atoms with Crippen molar-refractivity contribution in [3.8, 4) is 11.3 Å². The first-order valence-electron chi connectivity index (χ1n) is 11.5. The predicted molar refractivity (Wildman–Crippen MR) is 137 cm³/mol. The third kappa shape index (κ3) is 4.91. The number of rotatable bonds is 8. The van der Waals surface area contributed by atoms with Gasteiger partial charge < -0.3 is 0 Å². The van der Waals surface area contributed by atoms with Crippen molar-refractivity contribution in [2.75, 3.05) is 0 Å². The van der Waals surface area contributed by atoms with Gasteiger partial charge in [-0.3, -0.25) is 0 Å². The standard InChI is InChI=1S/C30H38N2/c1-9-13-22(3)16-18-27-25-14-11-12-15-26(25)28-19-17-24(30(5,6)7)21-32(28)29(27)20-23(4)31(8)10-2/h9-15,17,19,21,27,29H,1-2,4,8,16,18,20H2,3,5-7H3/q+2/b22-13+. The number of pyridine rings is 1. The van der Waals surface area contributed by atoms with E-state index in [1.165, 1.54) is 28.0 Å². The van der Waals surface area contributed by atoms with Crippen molar-refractivity contribution in [2.24, 2.45) is 0 Å². The minimum absolute atomic E-state index is 0.0821. The number of nitrogens with zero attached hydrogens (tertiary/aromatic N) is 2. The van der Waals surface area contributed by atoms with Gasteiger partial charge in [0.05, 0.1) is 6.42 Å². The normalized spacial score (nSPS) is 17.8. The van der Waals surface area contributed by atoms with Crippen LogP contribution in [0.25, 0.3) is 11.3 Å². The number of benzene rings is 1. The average molecular weight is 427 g/mol. The maximum absolute atomic E-state index is 4.33. The van der Waals surface area contributed by atoms with Gasteiger partial charge in [0.1, 0.15) is 6.72 Å². The van der Waals surface area contributed by atoms with Gasteiger partial charge in [-0.15, -0.1) is 0 Å². The molecule has 0 bridgehead atoms. The maximum Gasteiger partial charge on any atom is 0.213 e. The summed E-state index contributed by atoms with van der Waals surface area (Å²) in [4.78, 5) is 0. The van der Waals surface area contributed by atoms with Crippen molar-refractivity contribution >= 4 is 6.72 Å². The molecule has 2 unspecified atom stereocenters. The fourth-order valence-corrected chi connectivity index (χ4v) is 4.66. The lowest BCUT2D eigenvalue weighted by Crippen LogP contribution is -2.48. The van der Waals surface area contributed by atoms with Gasteiger partial charge in [0.2, 0.25) is 5.69 Å². The minimum Gasteiger partial charge on any atom is -0.194 e. The lowest BCUT2D eigenvalue weighted by molar-refractivity contribution is -0.720. The summed E-state index contributed by atoms with van der Waals surface area (Å²) in [6.07, 6.45) is 11.0. The first-order valence-corrected chi connectivity index (χ1v) is 11.5. The highest BCUT2D eigenvalue weighted by molar-refractivity contribution is 5.63. The predicted octanol–water partition coefficient (Wildman–Crippen LogP) is 7.25. The molecule has 32 heavy (non-hydrogen) atoms. The number of allylic oxidation sites excluding steroid dienone is 4. The van der Waals surface area contributed by atoms with Gasteiger partial charge in [0.25, 0.3) is 0 Å². The minimum atomic E-state index is 0.0821. The Hall–Kier alpha value is -3.00. The molecule has 2 atom stereocenters. The highest BCUT2D eigenvalue weighted by atomic mass is 15.0. The number of hydrogen-bond acceptors (Lipinski definition) is 0. The van der Waals surface area contributed by atoms with E-state index in [0.717, 1.165) is 25.0 Å². The number of aromatic nitrogens is 1. The second-order valence-corrected chi connectivity index (χ2v) is 9.93. The second kappa shape index (κ2) is 9.65. The van der Waals surface area contributed by atoms with Gasteiger partial charge in [-0.1, -0.05) is 63.3 Å². The van der Waals surface area contributed by atoms with E-state index >= 15 is 0 Å². The van der Waals surface area contributed by atoms with Crippen LogP contribution in [-0.2, 0) is 5.41 Å². The van der Waals surface area contributed by atoms with E-state index in [2.05, 4.69) is 107 Å². The molecule has 0 radical (unpaired) electrons. The molecular weight excluding hydrogens is 388 g/mol. The van der Waals surface area contributed by atoms with Crippen molar-refractivity contribution in [3.63, 3.8) is 0 Å². The van der Waals surface area contributed by atoms with Crippen LogP contribution in [-0.4, -0.2) is 11.3 Å². The summed E-state index contributed by atoms with van der Waals surface area (Å²) < 4.78 is 4.30. The van der Waals surface area contributed by atoms with Crippen LogP contribution in [0.5, 0.6) is 0 Å². The van der Waals surface area contributed by atoms with E-state index in [9.17, 15) is 0 Å². The van der Waals surface area contributed by atoms with Crippen molar-refractivity contribution < 1.29 is 9.14 Å². The first kappa shape index (κ1) is 23.7. The van der Waals surface area contributed by atoms with Gasteiger partial charge in [0, 0.05) is 23.1 Å². The van der Waals surface area contributed by atoms with Crippen LogP contribution in [0.3, 0.4) is 0 Å². The molecular formula is C30H38N2+2. The Balaban J connectivity index is 2.16. The zero-order valence-electron chi connectivity index (χ0n) is 20.3. The molecule has 0 spiro atoms. The average Bonchev–Trinajstić information content (AvgIpc) is 2.77. The molecule has 2 nitrogen and oxygen atoms in total. The molecule has 166 valence electrons. The molecule has 1 aliphatic heterocycles. The topological polar surface area (TPSA) is 6.89 Å². The Bertz CT molecular complexity index is 1080. The van der Waals surface area contributed by atoms with Crippen LogP contribution in [0, 0.1) is 0 Å². The Morgan fingerprint density at radius 3 is 2.50 bits per heavy atom. The van der Waals surface area contributed by atoms with Gasteiger partial charge >= 0.3 is 0 Å². The molecule has 1 aromatic heterocycles. The largest absolute Gasteiger partial charge is 0.213 e. The third-order valence-corrected chi connectivity index (χ3v) is 6.62. The second-order valence-electron chi connectivity index (χ2n) is 9.93. The molecule has 2 aromatic rings. The number of hydrogen-bond donors (Lipinski definition) is 0. The smallest absolute Gasteiger partial charge is 0.194 e. The van der Waals surface area contributed by atoms with Gasteiger partial charge in [0.15, 0.2) is 24.1 Å². The summed E-state index contributed by atoms with van der Waals surface area (Å²) in [5, 5.41) is 0. The summed E-state index contributed by atoms with van der Waals surface area (Å²) in [6, 6.07) is 13.7. The van der Waals surface area contributed by atoms with Crippen molar-refractivity contribution in [2.45, 2.75) is 64.3 Å². The van der Waals surface area contributed by atoms with E-state index in [1.54, 1.807) is 10.8 Å². The summed E-state index contributed by atoms with van der Waals surface area (Å²) in [7, 11) is 0. The molecule has 2 heterocycles. The fraction of sp³-hybridized carbons (Fsp3) is 0.333. The Kier molecular flexibility index (Phi) is 7.13. The summed E-state index contributed by atoms with van der Waals surface area (Å²) in [5.74, 6) is 0.377. The Morgan fingerprint density at radius 2 is 1.84 bits per heavy atom. The molecule has 1 aliphatic rings. The van der Waals surface area contributed by atoms with Crippen LogP contribution in [0.2, 0.25) is 0 Å². The first-order chi connectivity index (χ1) is 15.2. The van der Waals surface area contributed by atoms with E-state index in [1.807, 2.05) is 6.08 Å². The third-order valence-electron chi connectivity index (χ3n) is 6.62. The zero-order chi connectivity index (χ0) is 23.5. The molecule has 0 saturated carbocycles. The van der Waals surface area contributed by atoms with Crippen molar-refractivity contribution in [1.82, 2.24) is 0 Å². The number of fused-ring (bicyclic) bond motifs is 3. The molecule has 1 aromatic carbocycles. The van der Waals surface area contributed by atoms with E-state index in [4.69, 9.17) is 0 Å². The summed E-state index contributed by atoms with van der Waals surface area (Å²) in [5.41, 5.74) is 7.79. The van der Waals surface area contributed by atoms with E-state index < -0.39 is 0 Å². The monoisotopic (exact) mass is 426 g/mol. The van der Waals surface area contributed by atoms with Gasteiger partial charge in [-0.05, 0) is 56.0 Å². The molecule has 0 amide bonds. The van der Waals surface area contributed by atoms with Crippen molar-refractivity contribution in [3.05, 3.63) is 103 Å². The SMILES string of the molecule is C=C/C=C(\C)CCC1c2ccccc2-c2ccc(C(C)(C)C)c[n+]2C1CC(=C)[N+](=C)C=C. The van der Waals surface area contributed by atoms with Gasteiger partial charge in [-0.2, -0.15) is 9.14 Å². The maximum atomic E-state index is 4.33.